The van der Waals surface area contributed by atoms with Crippen LogP contribution in [0.15, 0.2) is 51.6 Å². The molecule has 0 spiro atoms. The third kappa shape index (κ3) is 6.04. The Labute approximate surface area is 226 Å². The molecule has 0 N–H and O–H groups in total. The van der Waals surface area contributed by atoms with Gasteiger partial charge in [0.1, 0.15) is 0 Å². The van der Waals surface area contributed by atoms with E-state index in [-0.39, 0.29) is 30.3 Å². The number of amidine groups is 1. The average Bonchev–Trinajstić information content (AvgIpc) is 3.24. The van der Waals surface area contributed by atoms with Crippen molar-refractivity contribution in [3.63, 3.8) is 0 Å². The minimum atomic E-state index is -0.527. The molecule has 1 fully saturated rings. The highest BCUT2D eigenvalue weighted by atomic mass is 35.5. The van der Waals surface area contributed by atoms with Gasteiger partial charge in [0.05, 0.1) is 42.4 Å². The molecule has 3 heterocycles. The summed E-state index contributed by atoms with van der Waals surface area (Å²) in [5.74, 6) is -0.825. The predicted octanol–water partition coefficient (Wildman–Crippen LogP) is 5.06. The van der Waals surface area contributed by atoms with Crippen LogP contribution < -0.4 is 0 Å². The Morgan fingerprint density at radius 3 is 2.59 bits per heavy atom. The molecule has 8 nitrogen and oxygen atoms in total. The first kappa shape index (κ1) is 27.3. The summed E-state index contributed by atoms with van der Waals surface area (Å²) in [7, 11) is 0. The van der Waals surface area contributed by atoms with Gasteiger partial charge in [0.15, 0.2) is 5.17 Å². The lowest BCUT2D eigenvalue weighted by atomic mass is 9.93. The van der Waals surface area contributed by atoms with Gasteiger partial charge in [0.2, 0.25) is 5.91 Å². The van der Waals surface area contributed by atoms with Crippen LogP contribution in [0.5, 0.6) is 0 Å². The van der Waals surface area contributed by atoms with Crippen LogP contribution in [0.2, 0.25) is 5.02 Å². The van der Waals surface area contributed by atoms with Crippen LogP contribution in [0.25, 0.3) is 0 Å². The van der Waals surface area contributed by atoms with Gasteiger partial charge >= 0.3 is 11.9 Å². The van der Waals surface area contributed by atoms with Crippen molar-refractivity contribution in [2.75, 3.05) is 19.7 Å². The van der Waals surface area contributed by atoms with E-state index in [0.29, 0.717) is 54.0 Å². The van der Waals surface area contributed by atoms with E-state index in [1.807, 2.05) is 28.5 Å². The van der Waals surface area contributed by atoms with Gasteiger partial charge in [-0.1, -0.05) is 35.5 Å². The molecule has 0 saturated carbocycles. The number of nitrogens with zero attached hydrogens (tertiary/aromatic N) is 3. The summed E-state index contributed by atoms with van der Waals surface area (Å²) in [6.45, 7) is 8.58. The Kier molecular flexibility index (Phi) is 8.64. The van der Waals surface area contributed by atoms with Crippen LogP contribution in [-0.2, 0) is 23.9 Å². The number of likely N-dealkylation sites (tertiary alicyclic amines) is 1. The summed E-state index contributed by atoms with van der Waals surface area (Å²) >= 11 is 7.77. The first-order valence-electron chi connectivity index (χ1n) is 12.5. The zero-order valence-corrected chi connectivity index (χ0v) is 23.1. The number of esters is 2. The molecular formula is C27H32ClN3O5S. The molecule has 1 saturated heterocycles. The number of hydrogen-bond acceptors (Lipinski definition) is 8. The molecule has 198 valence electrons. The van der Waals surface area contributed by atoms with E-state index in [2.05, 4.69) is 0 Å². The SMILES string of the molecule is CCOC(=O)C1CCN(C(=O)CC2=CSC3=NC(C)=C(C(=O)OC(C)C)C(c4cccc(Cl)c4)N23)CC1. The molecule has 1 aromatic carbocycles. The Morgan fingerprint density at radius 1 is 1.22 bits per heavy atom. The number of fused-ring (bicyclic) bond motifs is 1. The highest BCUT2D eigenvalue weighted by molar-refractivity contribution is 8.16. The van der Waals surface area contributed by atoms with Crippen LogP contribution in [0.4, 0.5) is 0 Å². The highest BCUT2D eigenvalue weighted by Gasteiger charge is 2.42. The number of piperidine rings is 1. The van der Waals surface area contributed by atoms with Gasteiger partial charge in [-0.05, 0) is 63.6 Å². The van der Waals surface area contributed by atoms with Crippen LogP contribution in [0.3, 0.4) is 0 Å². The van der Waals surface area contributed by atoms with Gasteiger partial charge in [-0.15, -0.1) is 0 Å². The smallest absolute Gasteiger partial charge is 0.338 e. The summed E-state index contributed by atoms with van der Waals surface area (Å²) < 4.78 is 10.7. The number of halogens is 1. The highest BCUT2D eigenvalue weighted by Crippen LogP contribution is 2.45. The monoisotopic (exact) mass is 545 g/mol. The second kappa shape index (κ2) is 11.7. The van der Waals surface area contributed by atoms with Crippen LogP contribution in [-0.4, -0.2) is 58.6 Å². The fourth-order valence-corrected chi connectivity index (χ4v) is 5.95. The molecule has 3 aliphatic heterocycles. The van der Waals surface area contributed by atoms with E-state index in [4.69, 9.17) is 26.1 Å². The number of carbonyl (C=O) groups is 3. The normalized spacial score (nSPS) is 20.0. The van der Waals surface area contributed by atoms with Crippen LogP contribution in [0, 0.1) is 5.92 Å². The molecule has 3 aliphatic rings. The molecule has 1 aromatic rings. The lowest BCUT2D eigenvalue weighted by molar-refractivity contribution is -0.151. The summed E-state index contributed by atoms with van der Waals surface area (Å²) in [6, 6.07) is 6.84. The van der Waals surface area contributed by atoms with Crippen molar-refractivity contribution < 1.29 is 23.9 Å². The molecule has 1 atom stereocenters. The van der Waals surface area contributed by atoms with Crippen molar-refractivity contribution in [3.05, 3.63) is 57.2 Å². The molecule has 0 bridgehead atoms. The standard InChI is InChI=1S/C27H32ClN3O5S/c1-5-35-25(33)18-9-11-30(12-10-18)22(32)14-21-15-37-27-29-17(4)23(26(34)36-16(2)3)24(31(21)27)19-7-6-8-20(28)13-19/h6-8,13,15-16,18,24H,5,9-12,14H2,1-4H3. The maximum absolute atomic E-state index is 13.3. The van der Waals surface area contributed by atoms with E-state index in [1.165, 1.54) is 11.8 Å². The Bertz CT molecular complexity index is 1170. The van der Waals surface area contributed by atoms with Gasteiger partial charge in [0.25, 0.3) is 0 Å². The Balaban J connectivity index is 1.57. The van der Waals surface area contributed by atoms with Gasteiger partial charge in [-0.3, -0.25) is 9.59 Å². The lowest BCUT2D eigenvalue weighted by Crippen LogP contribution is -2.42. The topological polar surface area (TPSA) is 88.5 Å². The summed E-state index contributed by atoms with van der Waals surface area (Å²) in [6.07, 6.45) is 1.04. The minimum absolute atomic E-state index is 0.0298. The quantitative estimate of drug-likeness (QED) is 0.442. The van der Waals surface area contributed by atoms with Gasteiger partial charge in [0, 0.05) is 23.8 Å². The van der Waals surface area contributed by atoms with E-state index in [1.54, 1.807) is 38.7 Å². The number of ether oxygens (including phenoxy) is 2. The number of benzene rings is 1. The van der Waals surface area contributed by atoms with Crippen LogP contribution >= 0.6 is 23.4 Å². The third-order valence-corrected chi connectivity index (χ3v) is 7.65. The van der Waals surface area contributed by atoms with E-state index in [0.717, 1.165) is 11.3 Å². The summed E-state index contributed by atoms with van der Waals surface area (Å²) in [4.78, 5) is 47.1. The number of rotatable bonds is 7. The average molecular weight is 546 g/mol. The zero-order valence-electron chi connectivity index (χ0n) is 21.5. The molecule has 0 radical (unpaired) electrons. The van der Waals surface area contributed by atoms with Crippen molar-refractivity contribution in [1.29, 1.82) is 0 Å². The minimum Gasteiger partial charge on any atom is -0.466 e. The van der Waals surface area contributed by atoms with Crippen molar-refractivity contribution in [3.8, 4) is 0 Å². The maximum Gasteiger partial charge on any atom is 0.338 e. The van der Waals surface area contributed by atoms with Crippen LogP contribution in [0.1, 0.15) is 58.6 Å². The third-order valence-electron chi connectivity index (χ3n) is 6.53. The second-order valence-corrected chi connectivity index (χ2v) is 10.8. The van der Waals surface area contributed by atoms with E-state index < -0.39 is 12.0 Å². The molecule has 0 aliphatic carbocycles. The number of carbonyl (C=O) groups excluding carboxylic acids is 3. The Hall–Kier alpha value is -2.78. The zero-order chi connectivity index (χ0) is 26.7. The first-order valence-corrected chi connectivity index (χ1v) is 13.8. The first-order chi connectivity index (χ1) is 17.7. The fourth-order valence-electron chi connectivity index (χ4n) is 4.79. The van der Waals surface area contributed by atoms with Crippen molar-refractivity contribution >= 4 is 46.4 Å². The van der Waals surface area contributed by atoms with Crippen molar-refractivity contribution in [2.45, 2.75) is 59.1 Å². The van der Waals surface area contributed by atoms with Gasteiger partial charge in [-0.25, -0.2) is 9.79 Å². The molecule has 0 aromatic heterocycles. The summed E-state index contributed by atoms with van der Waals surface area (Å²) in [5, 5.41) is 3.17. The molecule has 1 amide bonds. The lowest BCUT2D eigenvalue weighted by Gasteiger charge is -2.37. The summed E-state index contributed by atoms with van der Waals surface area (Å²) in [5.41, 5.74) is 2.58. The van der Waals surface area contributed by atoms with E-state index in [9.17, 15) is 14.4 Å². The van der Waals surface area contributed by atoms with Gasteiger partial charge < -0.3 is 19.3 Å². The largest absolute Gasteiger partial charge is 0.466 e. The number of allylic oxidation sites excluding steroid dienone is 1. The molecule has 1 unspecified atom stereocenters. The number of aliphatic imine (C=N–C) groups is 1. The molecule has 4 rings (SSSR count). The van der Waals surface area contributed by atoms with E-state index >= 15 is 0 Å². The maximum atomic E-state index is 13.3. The fraction of sp³-hybridized carbons (Fsp3) is 0.481. The second-order valence-electron chi connectivity index (χ2n) is 9.49. The number of hydrogen-bond donors (Lipinski definition) is 0. The Morgan fingerprint density at radius 2 is 1.95 bits per heavy atom. The predicted molar refractivity (Wildman–Crippen MR) is 144 cm³/mol. The number of amides is 1. The van der Waals surface area contributed by atoms with Crippen molar-refractivity contribution in [2.24, 2.45) is 10.9 Å². The molecule has 10 heteroatoms. The van der Waals surface area contributed by atoms with Crippen molar-refractivity contribution in [1.82, 2.24) is 9.80 Å². The van der Waals surface area contributed by atoms with Gasteiger partial charge in [-0.2, -0.15) is 0 Å². The molecule has 37 heavy (non-hydrogen) atoms. The number of thioether (sulfide) groups is 1. The molecular weight excluding hydrogens is 514 g/mol.